The second-order valence-corrected chi connectivity index (χ2v) is 6.17. The van der Waals surface area contributed by atoms with Gasteiger partial charge >= 0.3 is 0 Å². The molecule has 1 aliphatic carbocycles. The van der Waals surface area contributed by atoms with E-state index in [0.29, 0.717) is 0 Å². The first kappa shape index (κ1) is 11.9. The molecule has 0 aromatic carbocycles. The summed E-state index contributed by atoms with van der Waals surface area (Å²) in [6, 6.07) is 2.03. The van der Waals surface area contributed by atoms with E-state index in [1.807, 2.05) is 11.4 Å². The molecule has 1 unspecified atom stereocenters. The first-order chi connectivity index (χ1) is 7.52. The number of rotatable bonds is 2. The van der Waals surface area contributed by atoms with Crippen LogP contribution < -0.4 is 0 Å². The average molecular weight is 236 g/mol. The number of hydrogen-bond acceptors (Lipinski definition) is 2. The molecule has 0 aliphatic heterocycles. The maximum Gasteiger partial charge on any atom is 0.102 e. The van der Waals surface area contributed by atoms with E-state index in [0.717, 1.165) is 12.0 Å². The van der Waals surface area contributed by atoms with Gasteiger partial charge in [0.05, 0.1) is 0 Å². The first-order valence-electron chi connectivity index (χ1n) is 5.92. The van der Waals surface area contributed by atoms with Gasteiger partial charge in [0.25, 0.3) is 0 Å². The Morgan fingerprint density at radius 2 is 2.19 bits per heavy atom. The van der Waals surface area contributed by atoms with Crippen molar-refractivity contribution in [3.63, 3.8) is 0 Å². The van der Waals surface area contributed by atoms with Crippen LogP contribution in [0.1, 0.15) is 51.7 Å². The number of hydrogen-bond donors (Lipinski definition) is 1. The van der Waals surface area contributed by atoms with Crippen molar-refractivity contribution in [2.45, 2.75) is 46.1 Å². The van der Waals surface area contributed by atoms with Crippen LogP contribution in [-0.4, -0.2) is 5.11 Å². The van der Waals surface area contributed by atoms with Crippen molar-refractivity contribution in [3.8, 4) is 0 Å². The lowest BCUT2D eigenvalue weighted by Crippen LogP contribution is -2.24. The molecule has 2 heteroatoms. The number of aliphatic hydroxyl groups is 1. The van der Waals surface area contributed by atoms with Crippen LogP contribution in [0.2, 0.25) is 0 Å². The molecule has 1 nitrogen and oxygen atoms in total. The quantitative estimate of drug-likeness (QED) is 0.759. The minimum Gasteiger partial charge on any atom is -0.384 e. The molecule has 16 heavy (non-hydrogen) atoms. The lowest BCUT2D eigenvalue weighted by atomic mass is 9.70. The van der Waals surface area contributed by atoms with Gasteiger partial charge in [0.15, 0.2) is 0 Å². The Morgan fingerprint density at radius 3 is 2.75 bits per heavy atom. The van der Waals surface area contributed by atoms with Crippen molar-refractivity contribution < 1.29 is 5.11 Å². The first-order valence-corrected chi connectivity index (χ1v) is 6.87. The molecule has 0 fully saturated rings. The molecule has 88 valence electrons. The number of allylic oxidation sites excluding steroid dienone is 1. The van der Waals surface area contributed by atoms with Crippen molar-refractivity contribution in [2.24, 2.45) is 5.41 Å². The molecule has 1 aromatic rings. The van der Waals surface area contributed by atoms with Crippen LogP contribution in [0.15, 0.2) is 28.0 Å². The van der Waals surface area contributed by atoms with Crippen molar-refractivity contribution in [1.82, 2.24) is 0 Å². The van der Waals surface area contributed by atoms with Gasteiger partial charge in [-0.3, -0.25) is 0 Å². The van der Waals surface area contributed by atoms with E-state index in [4.69, 9.17) is 0 Å². The highest BCUT2D eigenvalue weighted by Gasteiger charge is 2.33. The van der Waals surface area contributed by atoms with E-state index < -0.39 is 6.10 Å². The Hall–Kier alpha value is -0.600. The van der Waals surface area contributed by atoms with Crippen molar-refractivity contribution in [3.05, 3.63) is 33.5 Å². The molecular formula is C14H20OS. The summed E-state index contributed by atoms with van der Waals surface area (Å²) < 4.78 is 0. The lowest BCUT2D eigenvalue weighted by molar-refractivity contribution is 0.171. The zero-order chi connectivity index (χ0) is 11.8. The Labute approximate surface area is 102 Å². The van der Waals surface area contributed by atoms with E-state index >= 15 is 0 Å². The summed E-state index contributed by atoms with van der Waals surface area (Å²) in [4.78, 5) is 0. The Bertz CT molecular complexity index is 387. The minimum atomic E-state index is -0.401. The molecule has 1 atom stereocenters. The van der Waals surface area contributed by atoms with E-state index in [1.54, 1.807) is 11.3 Å². The predicted molar refractivity (Wildman–Crippen MR) is 69.6 cm³/mol. The molecular weight excluding hydrogens is 216 g/mol. The molecule has 0 amide bonds. The molecule has 1 aromatic heterocycles. The van der Waals surface area contributed by atoms with Gasteiger partial charge in [-0.1, -0.05) is 19.4 Å². The zero-order valence-electron chi connectivity index (χ0n) is 10.3. The van der Waals surface area contributed by atoms with Gasteiger partial charge in [-0.25, -0.2) is 0 Å². The van der Waals surface area contributed by atoms with Gasteiger partial charge in [0.1, 0.15) is 6.10 Å². The predicted octanol–water partition coefficient (Wildman–Crippen LogP) is 4.31. The molecule has 1 N–H and O–H groups in total. The number of thiophene rings is 1. The summed E-state index contributed by atoms with van der Waals surface area (Å²) in [5, 5.41) is 14.6. The van der Waals surface area contributed by atoms with Crippen LogP contribution in [0.5, 0.6) is 0 Å². The Balaban J connectivity index is 2.37. The van der Waals surface area contributed by atoms with Crippen molar-refractivity contribution in [2.75, 3.05) is 0 Å². The van der Waals surface area contributed by atoms with Crippen LogP contribution in [0, 0.1) is 5.41 Å². The highest BCUT2D eigenvalue weighted by molar-refractivity contribution is 7.07. The Kier molecular flexibility index (Phi) is 3.22. The van der Waals surface area contributed by atoms with Gasteiger partial charge < -0.3 is 5.11 Å². The third kappa shape index (κ3) is 2.09. The van der Waals surface area contributed by atoms with Gasteiger partial charge in [0.2, 0.25) is 0 Å². The number of aliphatic hydroxyl groups excluding tert-OH is 1. The Morgan fingerprint density at radius 1 is 1.44 bits per heavy atom. The molecule has 2 rings (SSSR count). The normalized spacial score (nSPS) is 22.2. The fourth-order valence-electron chi connectivity index (χ4n) is 2.84. The van der Waals surface area contributed by atoms with Crippen LogP contribution in [0.3, 0.4) is 0 Å². The fraction of sp³-hybridized carbons (Fsp3) is 0.571. The van der Waals surface area contributed by atoms with Gasteiger partial charge in [-0.05, 0) is 59.6 Å². The van der Waals surface area contributed by atoms with Crippen LogP contribution in [-0.2, 0) is 0 Å². The largest absolute Gasteiger partial charge is 0.384 e. The van der Waals surface area contributed by atoms with Gasteiger partial charge in [-0.15, -0.1) is 0 Å². The summed E-state index contributed by atoms with van der Waals surface area (Å²) >= 11 is 1.65. The van der Waals surface area contributed by atoms with Gasteiger partial charge in [-0.2, -0.15) is 11.3 Å². The topological polar surface area (TPSA) is 20.2 Å². The highest BCUT2D eigenvalue weighted by atomic mass is 32.1. The van der Waals surface area contributed by atoms with E-state index in [2.05, 4.69) is 26.2 Å². The third-order valence-corrected chi connectivity index (χ3v) is 4.38. The third-order valence-electron chi connectivity index (χ3n) is 3.67. The SMILES string of the molecule is CC1=C(C(O)c2ccsc2)C(C)(C)CCC1. The minimum absolute atomic E-state index is 0.143. The summed E-state index contributed by atoms with van der Waals surface area (Å²) in [6.45, 7) is 6.67. The molecule has 0 bridgehead atoms. The lowest BCUT2D eigenvalue weighted by Gasteiger charge is -2.37. The highest BCUT2D eigenvalue weighted by Crippen LogP contribution is 2.46. The average Bonchev–Trinajstić information content (AvgIpc) is 2.68. The van der Waals surface area contributed by atoms with E-state index in [1.165, 1.54) is 24.0 Å². The summed E-state index contributed by atoms with van der Waals surface area (Å²) in [5.74, 6) is 0. The monoisotopic (exact) mass is 236 g/mol. The smallest absolute Gasteiger partial charge is 0.102 e. The zero-order valence-corrected chi connectivity index (χ0v) is 11.1. The molecule has 0 spiro atoms. The maximum absolute atomic E-state index is 10.5. The van der Waals surface area contributed by atoms with Crippen molar-refractivity contribution in [1.29, 1.82) is 0 Å². The van der Waals surface area contributed by atoms with Crippen molar-refractivity contribution >= 4 is 11.3 Å². The van der Waals surface area contributed by atoms with Crippen LogP contribution >= 0.6 is 11.3 Å². The molecule has 0 saturated carbocycles. The second kappa shape index (κ2) is 4.34. The summed E-state index contributed by atoms with van der Waals surface area (Å²) in [6.07, 6.45) is 3.17. The fourth-order valence-corrected chi connectivity index (χ4v) is 3.52. The summed E-state index contributed by atoms with van der Waals surface area (Å²) in [7, 11) is 0. The molecule has 1 aliphatic rings. The van der Waals surface area contributed by atoms with Gasteiger partial charge in [0, 0.05) is 0 Å². The molecule has 1 heterocycles. The molecule has 0 radical (unpaired) electrons. The summed E-state index contributed by atoms with van der Waals surface area (Å²) in [5.41, 5.74) is 3.82. The van der Waals surface area contributed by atoms with Crippen LogP contribution in [0.4, 0.5) is 0 Å². The van der Waals surface area contributed by atoms with E-state index in [-0.39, 0.29) is 5.41 Å². The van der Waals surface area contributed by atoms with Crippen LogP contribution in [0.25, 0.3) is 0 Å². The van der Waals surface area contributed by atoms with E-state index in [9.17, 15) is 5.11 Å². The second-order valence-electron chi connectivity index (χ2n) is 5.39. The maximum atomic E-state index is 10.5. The molecule has 0 saturated heterocycles. The standard InChI is InChI=1S/C14H20OS/c1-10-5-4-7-14(2,3)12(10)13(15)11-6-8-16-9-11/h6,8-9,13,15H,4-5,7H2,1-3H3.